The van der Waals surface area contributed by atoms with Gasteiger partial charge >= 0.3 is 0 Å². The molecule has 15 heavy (non-hydrogen) atoms. The van der Waals surface area contributed by atoms with Crippen LogP contribution >= 0.6 is 0 Å². The molecule has 0 unspecified atom stereocenters. The molecule has 2 nitrogen and oxygen atoms in total. The van der Waals surface area contributed by atoms with Gasteiger partial charge in [0, 0.05) is 6.54 Å². The fourth-order valence-corrected chi connectivity index (χ4v) is 2.11. The summed E-state index contributed by atoms with van der Waals surface area (Å²) in [5.74, 6) is 1.01. The molecule has 0 spiro atoms. The molecule has 0 saturated carbocycles. The monoisotopic (exact) mass is 201 g/mol. The van der Waals surface area contributed by atoms with Crippen molar-refractivity contribution in [1.82, 2.24) is 4.81 Å². The third-order valence-corrected chi connectivity index (χ3v) is 3.03. The molecule has 0 fully saturated rings. The minimum Gasteiger partial charge on any atom is -0.494 e. The van der Waals surface area contributed by atoms with Crippen molar-refractivity contribution in [2.75, 3.05) is 13.2 Å². The lowest BCUT2D eigenvalue weighted by molar-refractivity contribution is 0.338. The summed E-state index contributed by atoms with van der Waals surface area (Å²) in [5, 5.41) is 0. The lowest BCUT2D eigenvalue weighted by Gasteiger charge is -2.28. The normalized spacial score (nSPS) is 15.8. The third-order valence-electron chi connectivity index (χ3n) is 3.03. The zero-order valence-corrected chi connectivity index (χ0v) is 9.62. The molecule has 1 aromatic rings. The van der Waals surface area contributed by atoms with Crippen molar-refractivity contribution in [2.45, 2.75) is 19.9 Å². The van der Waals surface area contributed by atoms with E-state index in [-0.39, 0.29) is 0 Å². The molecule has 1 aromatic carbocycles. The number of fused-ring (bicyclic) bond motifs is 1. The van der Waals surface area contributed by atoms with Gasteiger partial charge in [-0.25, -0.2) is 0 Å². The van der Waals surface area contributed by atoms with Gasteiger partial charge in [-0.05, 0) is 43.1 Å². The van der Waals surface area contributed by atoms with E-state index in [0.29, 0.717) is 0 Å². The first-order chi connectivity index (χ1) is 7.33. The van der Waals surface area contributed by atoms with Crippen molar-refractivity contribution in [3.05, 3.63) is 29.3 Å². The topological polar surface area (TPSA) is 12.5 Å². The van der Waals surface area contributed by atoms with Gasteiger partial charge in [-0.3, -0.25) is 0 Å². The summed E-state index contributed by atoms with van der Waals surface area (Å²) >= 11 is 0. The Hall–Kier alpha value is -0.890. The van der Waals surface area contributed by atoms with Crippen LogP contribution in [0.15, 0.2) is 18.2 Å². The Labute approximate surface area is 93.3 Å². The van der Waals surface area contributed by atoms with E-state index in [2.05, 4.69) is 30.7 Å². The summed E-state index contributed by atoms with van der Waals surface area (Å²) in [5.41, 5.74) is 2.93. The molecule has 0 aliphatic carbocycles. The molecule has 1 aliphatic rings. The maximum atomic E-state index is 5.51. The van der Waals surface area contributed by atoms with Gasteiger partial charge in [0.15, 0.2) is 7.31 Å². The van der Waals surface area contributed by atoms with Crippen LogP contribution in [-0.4, -0.2) is 33.0 Å². The van der Waals surface area contributed by atoms with E-state index < -0.39 is 0 Å². The highest BCUT2D eigenvalue weighted by molar-refractivity contribution is 6.87. The van der Waals surface area contributed by atoms with Crippen molar-refractivity contribution >= 4 is 15.0 Å². The first-order valence-corrected chi connectivity index (χ1v) is 5.80. The van der Waals surface area contributed by atoms with E-state index in [4.69, 9.17) is 4.74 Å². The van der Waals surface area contributed by atoms with E-state index in [0.717, 1.165) is 32.6 Å². The Morgan fingerprint density at radius 3 is 3.07 bits per heavy atom. The summed E-state index contributed by atoms with van der Waals surface area (Å²) in [4.78, 5) is 2.47. The fourth-order valence-electron chi connectivity index (χ4n) is 2.11. The number of nitrogens with zero attached hydrogens (tertiary/aromatic N) is 1. The van der Waals surface area contributed by atoms with Gasteiger partial charge in [0.05, 0.1) is 14.3 Å². The molecule has 1 heterocycles. The largest absolute Gasteiger partial charge is 0.494 e. The van der Waals surface area contributed by atoms with Gasteiger partial charge in [0.2, 0.25) is 0 Å². The van der Waals surface area contributed by atoms with Crippen LogP contribution in [0.2, 0.25) is 0 Å². The van der Waals surface area contributed by atoms with Crippen LogP contribution < -0.4 is 4.74 Å². The SMILES string of the molecule is BBN1CCc2cc(OCC)ccc2C1. The zero-order chi connectivity index (χ0) is 10.7. The summed E-state index contributed by atoms with van der Waals surface area (Å²) in [6.07, 6.45) is 1.16. The molecule has 0 atom stereocenters. The standard InChI is InChI=1S/C11H17B2NO/c1-2-15-11-4-3-10-8-14(13-12)6-5-9(10)7-11/h3-4,7,13H,2,5-6,8,12H2,1H3. The summed E-state index contributed by atoms with van der Waals surface area (Å²) in [6, 6.07) is 6.50. The molecule has 1 aliphatic heterocycles. The van der Waals surface area contributed by atoms with Crippen LogP contribution in [0.25, 0.3) is 0 Å². The molecule has 0 amide bonds. The molecule has 0 radical (unpaired) electrons. The van der Waals surface area contributed by atoms with Crippen LogP contribution in [0, 0.1) is 0 Å². The molecule has 78 valence electrons. The number of rotatable bonds is 3. The molecular formula is C11H17B2NO. The second kappa shape index (κ2) is 4.75. The third kappa shape index (κ3) is 2.37. The average Bonchev–Trinajstić information content (AvgIpc) is 2.29. The predicted molar refractivity (Wildman–Crippen MR) is 67.4 cm³/mol. The quantitative estimate of drug-likeness (QED) is 0.653. The predicted octanol–water partition coefficient (Wildman–Crippen LogP) is 0.343. The first kappa shape index (κ1) is 10.6. The Balaban J connectivity index is 2.17. The van der Waals surface area contributed by atoms with Crippen molar-refractivity contribution in [3.8, 4) is 5.75 Å². The molecule has 2 rings (SSSR count). The highest BCUT2D eigenvalue weighted by Gasteiger charge is 2.14. The van der Waals surface area contributed by atoms with Crippen molar-refractivity contribution in [1.29, 1.82) is 0 Å². The smallest absolute Gasteiger partial charge is 0.161 e. The van der Waals surface area contributed by atoms with Crippen molar-refractivity contribution in [3.63, 3.8) is 0 Å². The van der Waals surface area contributed by atoms with Gasteiger partial charge in [-0.2, -0.15) is 0 Å². The van der Waals surface area contributed by atoms with Crippen LogP contribution in [-0.2, 0) is 13.0 Å². The Morgan fingerprint density at radius 2 is 2.33 bits per heavy atom. The van der Waals surface area contributed by atoms with Crippen LogP contribution in [0.3, 0.4) is 0 Å². The summed E-state index contributed by atoms with van der Waals surface area (Å²) in [7, 11) is 3.37. The van der Waals surface area contributed by atoms with E-state index in [1.54, 1.807) is 0 Å². The van der Waals surface area contributed by atoms with Crippen molar-refractivity contribution in [2.24, 2.45) is 0 Å². The van der Waals surface area contributed by atoms with Gasteiger partial charge in [0.1, 0.15) is 5.75 Å². The van der Waals surface area contributed by atoms with E-state index in [9.17, 15) is 0 Å². The van der Waals surface area contributed by atoms with Gasteiger partial charge in [-0.15, -0.1) is 0 Å². The second-order valence-corrected chi connectivity index (χ2v) is 3.98. The summed E-state index contributed by atoms with van der Waals surface area (Å²) < 4.78 is 5.51. The second-order valence-electron chi connectivity index (χ2n) is 3.98. The molecular weight excluding hydrogens is 184 g/mol. The lowest BCUT2D eigenvalue weighted by atomic mass is 9.64. The Morgan fingerprint density at radius 1 is 1.47 bits per heavy atom. The van der Waals surface area contributed by atoms with Crippen LogP contribution in [0.1, 0.15) is 18.1 Å². The van der Waals surface area contributed by atoms with Crippen LogP contribution in [0.5, 0.6) is 5.75 Å². The van der Waals surface area contributed by atoms with E-state index in [1.807, 2.05) is 6.92 Å². The molecule has 0 aromatic heterocycles. The van der Waals surface area contributed by atoms with Crippen molar-refractivity contribution < 1.29 is 4.74 Å². The number of hydrogen-bond acceptors (Lipinski definition) is 2. The van der Waals surface area contributed by atoms with E-state index >= 15 is 0 Å². The number of benzene rings is 1. The highest BCUT2D eigenvalue weighted by atomic mass is 16.5. The zero-order valence-electron chi connectivity index (χ0n) is 9.62. The van der Waals surface area contributed by atoms with Gasteiger partial charge in [0.25, 0.3) is 0 Å². The fraction of sp³-hybridized carbons (Fsp3) is 0.455. The maximum Gasteiger partial charge on any atom is 0.161 e. The van der Waals surface area contributed by atoms with Gasteiger partial charge in [-0.1, -0.05) is 6.07 Å². The van der Waals surface area contributed by atoms with Gasteiger partial charge < -0.3 is 9.55 Å². The minimum atomic E-state index is 0.750. The molecule has 0 N–H and O–H groups in total. The first-order valence-electron chi connectivity index (χ1n) is 5.80. The maximum absolute atomic E-state index is 5.51. The Kier molecular flexibility index (Phi) is 3.37. The summed E-state index contributed by atoms with van der Waals surface area (Å²) in [6.45, 7) is 5.05. The number of hydrogen-bond donors (Lipinski definition) is 0. The van der Waals surface area contributed by atoms with Crippen LogP contribution in [0.4, 0.5) is 0 Å². The average molecular weight is 201 g/mol. The minimum absolute atomic E-state index is 0.750. The number of ether oxygens (including phenoxy) is 1. The van der Waals surface area contributed by atoms with E-state index in [1.165, 1.54) is 17.7 Å². The molecule has 0 bridgehead atoms. The molecule has 0 saturated heterocycles. The lowest BCUT2D eigenvalue weighted by Crippen LogP contribution is -2.33. The molecule has 4 heteroatoms. The Bertz CT molecular complexity index is 343. The highest BCUT2D eigenvalue weighted by Crippen LogP contribution is 2.23.